The van der Waals surface area contributed by atoms with Gasteiger partial charge in [0.05, 0.1) is 22.0 Å². The van der Waals surface area contributed by atoms with Crippen molar-refractivity contribution in [1.29, 1.82) is 0 Å². The minimum atomic E-state index is -3.52. The van der Waals surface area contributed by atoms with Crippen LogP contribution in [0.15, 0.2) is 53.4 Å². The number of rotatable bonds is 3. The predicted octanol–water partition coefficient (Wildman–Crippen LogP) is 3.40. The molecule has 0 aliphatic carbocycles. The van der Waals surface area contributed by atoms with E-state index >= 15 is 0 Å². The van der Waals surface area contributed by atoms with E-state index in [1.807, 2.05) is 43.3 Å². The standard InChI is InChI=1S/C18H19N3O2S/c1-13-8-10-14(11-9-13)24(22,23)21-12-4-7-17(21)18-19-15-5-2-3-6-16(15)20-18/h2-3,5-6,8-11,17H,4,7,12H2,1H3,(H,19,20)/t17-/m0/s1. The van der Waals surface area contributed by atoms with Gasteiger partial charge in [-0.05, 0) is 44.0 Å². The van der Waals surface area contributed by atoms with Crippen LogP contribution in [0.4, 0.5) is 0 Å². The summed E-state index contributed by atoms with van der Waals surface area (Å²) in [6.45, 7) is 2.47. The number of para-hydroxylation sites is 2. The summed E-state index contributed by atoms with van der Waals surface area (Å²) in [6, 6.07) is 14.6. The van der Waals surface area contributed by atoms with Gasteiger partial charge in [-0.25, -0.2) is 13.4 Å². The van der Waals surface area contributed by atoms with Gasteiger partial charge < -0.3 is 4.98 Å². The second kappa shape index (κ2) is 5.72. The van der Waals surface area contributed by atoms with Crippen LogP contribution in [0.1, 0.15) is 30.3 Å². The smallest absolute Gasteiger partial charge is 0.243 e. The second-order valence-electron chi connectivity index (χ2n) is 6.23. The highest BCUT2D eigenvalue weighted by atomic mass is 32.2. The lowest BCUT2D eigenvalue weighted by Gasteiger charge is -2.22. The third kappa shape index (κ3) is 2.52. The number of H-pyrrole nitrogens is 1. The van der Waals surface area contributed by atoms with Crippen molar-refractivity contribution in [3.05, 3.63) is 59.9 Å². The first-order chi connectivity index (χ1) is 11.6. The first-order valence-corrected chi connectivity index (χ1v) is 9.53. The van der Waals surface area contributed by atoms with Gasteiger partial charge in [0.15, 0.2) is 0 Å². The first kappa shape index (κ1) is 15.4. The van der Waals surface area contributed by atoms with Crippen LogP contribution in [0, 0.1) is 6.92 Å². The number of hydrogen-bond donors (Lipinski definition) is 1. The van der Waals surface area contributed by atoms with Gasteiger partial charge in [0.1, 0.15) is 5.82 Å². The molecule has 1 aromatic heterocycles. The Morgan fingerprint density at radius 1 is 1.12 bits per heavy atom. The van der Waals surface area contributed by atoms with Gasteiger partial charge in [-0.2, -0.15) is 4.31 Å². The van der Waals surface area contributed by atoms with Crippen LogP contribution in [0.2, 0.25) is 0 Å². The Labute approximate surface area is 141 Å². The van der Waals surface area contributed by atoms with Gasteiger partial charge in [-0.3, -0.25) is 0 Å². The normalized spacial score (nSPS) is 19.1. The van der Waals surface area contributed by atoms with Crippen molar-refractivity contribution in [2.24, 2.45) is 0 Å². The summed E-state index contributed by atoms with van der Waals surface area (Å²) in [5.74, 6) is 0.726. The van der Waals surface area contributed by atoms with Gasteiger partial charge in [0, 0.05) is 6.54 Å². The molecule has 1 aliphatic heterocycles. The van der Waals surface area contributed by atoms with Gasteiger partial charge in [0.2, 0.25) is 10.0 Å². The van der Waals surface area contributed by atoms with E-state index in [-0.39, 0.29) is 6.04 Å². The van der Waals surface area contributed by atoms with E-state index in [2.05, 4.69) is 9.97 Å². The summed E-state index contributed by atoms with van der Waals surface area (Å²) in [4.78, 5) is 8.23. The molecule has 0 bridgehead atoms. The van der Waals surface area contributed by atoms with Crippen molar-refractivity contribution < 1.29 is 8.42 Å². The number of benzene rings is 2. The van der Waals surface area contributed by atoms with Crippen molar-refractivity contribution >= 4 is 21.1 Å². The molecule has 1 fully saturated rings. The van der Waals surface area contributed by atoms with E-state index < -0.39 is 10.0 Å². The number of hydrogen-bond acceptors (Lipinski definition) is 3. The summed E-state index contributed by atoms with van der Waals surface area (Å²) in [6.07, 6.45) is 1.62. The molecule has 2 aromatic carbocycles. The van der Waals surface area contributed by atoms with Crippen molar-refractivity contribution in [3.8, 4) is 0 Å². The number of sulfonamides is 1. The third-order valence-corrected chi connectivity index (χ3v) is 6.48. The Morgan fingerprint density at radius 3 is 2.62 bits per heavy atom. The number of nitrogens with zero attached hydrogens (tertiary/aromatic N) is 2. The molecule has 1 saturated heterocycles. The Balaban J connectivity index is 1.73. The summed E-state index contributed by atoms with van der Waals surface area (Å²) < 4.78 is 27.6. The molecule has 3 aromatic rings. The second-order valence-corrected chi connectivity index (χ2v) is 8.12. The van der Waals surface area contributed by atoms with Gasteiger partial charge in [-0.1, -0.05) is 29.8 Å². The van der Waals surface area contributed by atoms with Crippen LogP contribution in [-0.4, -0.2) is 29.2 Å². The van der Waals surface area contributed by atoms with E-state index in [4.69, 9.17) is 0 Å². The fourth-order valence-corrected chi connectivity index (χ4v) is 4.94. The van der Waals surface area contributed by atoms with Crippen molar-refractivity contribution in [3.63, 3.8) is 0 Å². The number of aryl methyl sites for hydroxylation is 1. The molecule has 0 saturated carbocycles. The molecule has 1 aliphatic rings. The van der Waals surface area contributed by atoms with Crippen molar-refractivity contribution in [2.45, 2.75) is 30.7 Å². The van der Waals surface area contributed by atoms with E-state index in [0.717, 1.165) is 35.3 Å². The zero-order valence-corrected chi connectivity index (χ0v) is 14.3. The van der Waals surface area contributed by atoms with Crippen LogP contribution in [0.25, 0.3) is 11.0 Å². The van der Waals surface area contributed by atoms with E-state index in [1.54, 1.807) is 16.4 Å². The minimum Gasteiger partial charge on any atom is -0.341 e. The number of imidazole rings is 1. The van der Waals surface area contributed by atoms with Gasteiger partial charge >= 0.3 is 0 Å². The highest BCUT2D eigenvalue weighted by molar-refractivity contribution is 7.89. The fourth-order valence-electron chi connectivity index (χ4n) is 3.28. The molecule has 6 heteroatoms. The molecule has 124 valence electrons. The average molecular weight is 341 g/mol. The van der Waals surface area contributed by atoms with Crippen LogP contribution < -0.4 is 0 Å². The number of fused-ring (bicyclic) bond motifs is 1. The molecule has 0 radical (unpaired) electrons. The average Bonchev–Trinajstić information content (AvgIpc) is 3.22. The lowest BCUT2D eigenvalue weighted by Crippen LogP contribution is -2.31. The minimum absolute atomic E-state index is 0.233. The van der Waals surface area contributed by atoms with Crippen LogP contribution in [-0.2, 0) is 10.0 Å². The maximum absolute atomic E-state index is 13.0. The summed E-state index contributed by atoms with van der Waals surface area (Å²) in [5, 5.41) is 0. The quantitative estimate of drug-likeness (QED) is 0.794. The molecule has 1 atom stereocenters. The molecule has 4 rings (SSSR count). The molecule has 24 heavy (non-hydrogen) atoms. The lowest BCUT2D eigenvalue weighted by molar-refractivity contribution is 0.385. The Hall–Kier alpha value is -2.18. The molecule has 0 amide bonds. The molecular weight excluding hydrogens is 322 g/mol. The number of aromatic amines is 1. The van der Waals surface area contributed by atoms with Crippen molar-refractivity contribution in [1.82, 2.24) is 14.3 Å². The van der Waals surface area contributed by atoms with Crippen LogP contribution in [0.3, 0.4) is 0 Å². The van der Waals surface area contributed by atoms with Crippen LogP contribution in [0.5, 0.6) is 0 Å². The Bertz CT molecular complexity index is 944. The molecular formula is C18H19N3O2S. The predicted molar refractivity (Wildman–Crippen MR) is 93.1 cm³/mol. The third-order valence-electron chi connectivity index (χ3n) is 4.55. The zero-order chi connectivity index (χ0) is 16.7. The van der Waals surface area contributed by atoms with E-state index in [1.165, 1.54) is 0 Å². The maximum atomic E-state index is 13.0. The maximum Gasteiger partial charge on any atom is 0.243 e. The van der Waals surface area contributed by atoms with Crippen LogP contribution >= 0.6 is 0 Å². The highest BCUT2D eigenvalue weighted by Gasteiger charge is 2.37. The Kier molecular flexibility index (Phi) is 3.66. The number of nitrogens with one attached hydrogen (secondary N) is 1. The lowest BCUT2D eigenvalue weighted by atomic mass is 10.2. The van der Waals surface area contributed by atoms with E-state index in [0.29, 0.717) is 11.4 Å². The molecule has 0 unspecified atom stereocenters. The monoisotopic (exact) mass is 341 g/mol. The largest absolute Gasteiger partial charge is 0.341 e. The Morgan fingerprint density at radius 2 is 1.88 bits per heavy atom. The molecule has 5 nitrogen and oxygen atoms in total. The zero-order valence-electron chi connectivity index (χ0n) is 13.4. The molecule has 0 spiro atoms. The summed E-state index contributed by atoms with van der Waals surface area (Å²) in [5.41, 5.74) is 2.85. The topological polar surface area (TPSA) is 66.1 Å². The van der Waals surface area contributed by atoms with Gasteiger partial charge in [-0.15, -0.1) is 0 Å². The molecule has 2 heterocycles. The SMILES string of the molecule is Cc1ccc(S(=O)(=O)N2CCC[C@H]2c2nc3ccccc3[nH]2)cc1. The van der Waals surface area contributed by atoms with Gasteiger partial charge in [0.25, 0.3) is 0 Å². The first-order valence-electron chi connectivity index (χ1n) is 8.09. The van der Waals surface area contributed by atoms with E-state index in [9.17, 15) is 8.42 Å². The summed E-state index contributed by atoms with van der Waals surface area (Å²) >= 11 is 0. The summed E-state index contributed by atoms with van der Waals surface area (Å²) in [7, 11) is -3.52. The van der Waals surface area contributed by atoms with Crippen molar-refractivity contribution in [2.75, 3.05) is 6.54 Å². The fraction of sp³-hybridized carbons (Fsp3) is 0.278. The number of aromatic nitrogens is 2. The highest BCUT2D eigenvalue weighted by Crippen LogP contribution is 2.36. The molecule has 1 N–H and O–H groups in total.